The number of carbonyl (C=O) groups is 1. The summed E-state index contributed by atoms with van der Waals surface area (Å²) in [5.74, 6) is -0.224. The van der Waals surface area contributed by atoms with Crippen molar-refractivity contribution in [2.45, 2.75) is 19.4 Å². The van der Waals surface area contributed by atoms with Crippen LogP contribution < -0.4 is 0 Å². The van der Waals surface area contributed by atoms with Crippen LogP contribution in [0.25, 0.3) is 0 Å². The van der Waals surface area contributed by atoms with E-state index in [2.05, 4.69) is 12.1 Å². The van der Waals surface area contributed by atoms with Gasteiger partial charge in [0.05, 0.1) is 19.6 Å². The van der Waals surface area contributed by atoms with E-state index in [1.807, 2.05) is 48.5 Å². The number of carbonyl (C=O) groups excluding carboxylic acids is 1. The monoisotopic (exact) mass is 284 g/mol. The topological polar surface area (TPSA) is 35.5 Å². The summed E-state index contributed by atoms with van der Waals surface area (Å²) in [6.07, 6.45) is 1.15. The van der Waals surface area contributed by atoms with Crippen LogP contribution in [0.3, 0.4) is 0 Å². The van der Waals surface area contributed by atoms with Crippen molar-refractivity contribution in [3.05, 3.63) is 71.8 Å². The molecule has 0 aliphatic rings. The molecule has 110 valence electrons. The van der Waals surface area contributed by atoms with Crippen molar-refractivity contribution >= 4 is 5.97 Å². The van der Waals surface area contributed by atoms with E-state index in [0.29, 0.717) is 26.2 Å². The van der Waals surface area contributed by atoms with Gasteiger partial charge in [0.1, 0.15) is 6.61 Å². The summed E-state index contributed by atoms with van der Waals surface area (Å²) in [7, 11) is 0. The maximum absolute atomic E-state index is 11.5. The zero-order chi connectivity index (χ0) is 14.8. The molecule has 0 radical (unpaired) electrons. The van der Waals surface area contributed by atoms with Crippen molar-refractivity contribution in [3.63, 3.8) is 0 Å². The van der Waals surface area contributed by atoms with Gasteiger partial charge in [-0.15, -0.1) is 0 Å². The Balaban J connectivity index is 1.53. The number of rotatable bonds is 8. The second-order valence-electron chi connectivity index (χ2n) is 4.74. The molecule has 0 spiro atoms. The minimum absolute atomic E-state index is 0.224. The van der Waals surface area contributed by atoms with Crippen molar-refractivity contribution in [2.24, 2.45) is 0 Å². The van der Waals surface area contributed by atoms with Gasteiger partial charge in [0, 0.05) is 0 Å². The van der Waals surface area contributed by atoms with E-state index < -0.39 is 0 Å². The lowest BCUT2D eigenvalue weighted by Gasteiger charge is -2.06. The van der Waals surface area contributed by atoms with Gasteiger partial charge in [-0.2, -0.15) is 0 Å². The van der Waals surface area contributed by atoms with Crippen molar-refractivity contribution in [2.75, 3.05) is 13.2 Å². The van der Waals surface area contributed by atoms with Gasteiger partial charge < -0.3 is 9.47 Å². The smallest absolute Gasteiger partial charge is 0.308 e. The van der Waals surface area contributed by atoms with E-state index in [4.69, 9.17) is 9.47 Å². The lowest BCUT2D eigenvalue weighted by atomic mass is 10.2. The first-order valence-electron chi connectivity index (χ1n) is 7.16. The van der Waals surface area contributed by atoms with Gasteiger partial charge in [0.2, 0.25) is 0 Å². The molecule has 0 bridgehead atoms. The molecule has 0 saturated heterocycles. The van der Waals surface area contributed by atoms with Crippen LogP contribution >= 0.6 is 0 Å². The predicted molar refractivity (Wildman–Crippen MR) is 81.8 cm³/mol. The highest BCUT2D eigenvalue weighted by Gasteiger charge is 2.03. The zero-order valence-electron chi connectivity index (χ0n) is 12.0. The average molecular weight is 284 g/mol. The fourth-order valence-electron chi connectivity index (χ4n) is 1.90. The minimum atomic E-state index is -0.224. The maximum atomic E-state index is 11.5. The van der Waals surface area contributed by atoms with Crippen molar-refractivity contribution in [1.29, 1.82) is 0 Å². The van der Waals surface area contributed by atoms with Gasteiger partial charge in [-0.25, -0.2) is 0 Å². The van der Waals surface area contributed by atoms with E-state index in [1.165, 1.54) is 5.56 Å². The Morgan fingerprint density at radius 3 is 2.10 bits per heavy atom. The predicted octanol–water partition coefficient (Wildman–Crippen LogP) is 3.38. The van der Waals surface area contributed by atoms with Crippen molar-refractivity contribution in [1.82, 2.24) is 0 Å². The van der Waals surface area contributed by atoms with Crippen LogP contribution in [-0.4, -0.2) is 19.2 Å². The molecular formula is C18H20O3. The van der Waals surface area contributed by atoms with E-state index in [0.717, 1.165) is 12.0 Å². The Hall–Kier alpha value is -2.13. The van der Waals surface area contributed by atoms with Crippen LogP contribution in [0, 0.1) is 0 Å². The van der Waals surface area contributed by atoms with Gasteiger partial charge in [0.25, 0.3) is 0 Å². The molecule has 0 unspecified atom stereocenters. The maximum Gasteiger partial charge on any atom is 0.308 e. The lowest BCUT2D eigenvalue weighted by Crippen LogP contribution is -2.09. The van der Waals surface area contributed by atoms with E-state index in [-0.39, 0.29) is 5.97 Å². The van der Waals surface area contributed by atoms with Crippen molar-refractivity contribution < 1.29 is 14.3 Å². The molecule has 2 rings (SSSR count). The molecule has 3 heteroatoms. The standard InChI is InChI=1S/C18H20O3/c19-18(21-15-17-9-5-2-6-10-17)12-14-20-13-11-16-7-3-1-4-8-16/h1-10H,11-15H2. The second-order valence-corrected chi connectivity index (χ2v) is 4.74. The quantitative estimate of drug-likeness (QED) is 0.550. The van der Waals surface area contributed by atoms with Gasteiger partial charge in [-0.05, 0) is 17.5 Å². The summed E-state index contributed by atoms with van der Waals surface area (Å²) in [6.45, 7) is 1.35. The van der Waals surface area contributed by atoms with E-state index in [9.17, 15) is 4.79 Å². The third-order valence-electron chi connectivity index (χ3n) is 3.07. The molecule has 3 nitrogen and oxygen atoms in total. The summed E-state index contributed by atoms with van der Waals surface area (Å²) < 4.78 is 10.6. The highest BCUT2D eigenvalue weighted by Crippen LogP contribution is 2.02. The minimum Gasteiger partial charge on any atom is -0.461 e. The molecule has 21 heavy (non-hydrogen) atoms. The summed E-state index contributed by atoms with van der Waals surface area (Å²) >= 11 is 0. The van der Waals surface area contributed by atoms with Crippen molar-refractivity contribution in [3.8, 4) is 0 Å². The van der Waals surface area contributed by atoms with Crippen LogP contribution in [0.4, 0.5) is 0 Å². The van der Waals surface area contributed by atoms with Crippen LogP contribution in [-0.2, 0) is 27.3 Å². The normalized spacial score (nSPS) is 10.3. The SMILES string of the molecule is O=C(CCOCCc1ccccc1)OCc1ccccc1. The second kappa shape index (κ2) is 8.93. The Bertz CT molecular complexity index is 523. The Morgan fingerprint density at radius 1 is 0.810 bits per heavy atom. The largest absolute Gasteiger partial charge is 0.461 e. The lowest BCUT2D eigenvalue weighted by molar-refractivity contribution is -0.146. The molecule has 2 aromatic carbocycles. The van der Waals surface area contributed by atoms with Gasteiger partial charge in [-0.3, -0.25) is 4.79 Å². The number of esters is 1. The molecule has 0 amide bonds. The van der Waals surface area contributed by atoms with Gasteiger partial charge >= 0.3 is 5.97 Å². The Morgan fingerprint density at radius 2 is 1.43 bits per heavy atom. The summed E-state index contributed by atoms with van der Waals surface area (Å²) in [6, 6.07) is 19.8. The molecule has 0 heterocycles. The highest BCUT2D eigenvalue weighted by atomic mass is 16.5. The number of benzene rings is 2. The van der Waals surface area contributed by atoms with E-state index >= 15 is 0 Å². The Kier molecular flexibility index (Phi) is 6.49. The number of hydrogen-bond donors (Lipinski definition) is 0. The molecule has 0 aliphatic heterocycles. The molecule has 0 N–H and O–H groups in total. The highest BCUT2D eigenvalue weighted by molar-refractivity contribution is 5.69. The molecule has 0 aromatic heterocycles. The van der Waals surface area contributed by atoms with Gasteiger partial charge in [-0.1, -0.05) is 60.7 Å². The molecule has 0 atom stereocenters. The third-order valence-corrected chi connectivity index (χ3v) is 3.07. The average Bonchev–Trinajstić information content (AvgIpc) is 2.54. The fourth-order valence-corrected chi connectivity index (χ4v) is 1.90. The fraction of sp³-hybridized carbons (Fsp3) is 0.278. The summed E-state index contributed by atoms with van der Waals surface area (Å²) in [4.78, 5) is 11.5. The van der Waals surface area contributed by atoms with Crippen LogP contribution in [0.2, 0.25) is 0 Å². The first-order valence-corrected chi connectivity index (χ1v) is 7.16. The first kappa shape index (κ1) is 15.3. The molecule has 2 aromatic rings. The Labute approximate surface area is 125 Å². The molecular weight excluding hydrogens is 264 g/mol. The van der Waals surface area contributed by atoms with Gasteiger partial charge in [0.15, 0.2) is 0 Å². The van der Waals surface area contributed by atoms with Crippen LogP contribution in [0.1, 0.15) is 17.5 Å². The number of hydrogen-bond acceptors (Lipinski definition) is 3. The zero-order valence-corrected chi connectivity index (χ0v) is 12.0. The van der Waals surface area contributed by atoms with Crippen LogP contribution in [0.5, 0.6) is 0 Å². The van der Waals surface area contributed by atoms with Crippen LogP contribution in [0.15, 0.2) is 60.7 Å². The molecule has 0 fully saturated rings. The third kappa shape index (κ3) is 6.23. The summed E-state index contributed by atoms with van der Waals surface area (Å²) in [5, 5.41) is 0. The molecule has 0 saturated carbocycles. The van der Waals surface area contributed by atoms with E-state index in [1.54, 1.807) is 0 Å². The first-order chi connectivity index (χ1) is 10.3. The summed E-state index contributed by atoms with van der Waals surface area (Å²) in [5.41, 5.74) is 2.24. The number of ether oxygens (including phenoxy) is 2. The molecule has 0 aliphatic carbocycles.